The highest BCUT2D eigenvalue weighted by atomic mass is 16.3. The third kappa shape index (κ3) is 5.45. The second kappa shape index (κ2) is 12.2. The molecule has 0 aliphatic heterocycles. The topological polar surface area (TPSA) is 51.8 Å². The van der Waals surface area contributed by atoms with Crippen LogP contribution in [0.1, 0.15) is 0 Å². The number of hydrogen-bond donors (Lipinski definition) is 0. The molecule has 2 heterocycles. The number of hydrogen-bond acceptors (Lipinski definition) is 4. The molecule has 4 nitrogen and oxygen atoms in total. The van der Waals surface area contributed by atoms with Gasteiger partial charge in [0.05, 0.1) is 0 Å². The molecule has 0 saturated heterocycles. The Morgan fingerprint density at radius 3 is 1.33 bits per heavy atom. The summed E-state index contributed by atoms with van der Waals surface area (Å²) in [6.45, 7) is 0. The lowest BCUT2D eigenvalue weighted by Crippen LogP contribution is -2.00. The van der Waals surface area contributed by atoms with Crippen molar-refractivity contribution in [1.29, 1.82) is 0 Å². The van der Waals surface area contributed by atoms with Gasteiger partial charge in [0.2, 0.25) is 0 Å². The van der Waals surface area contributed by atoms with Crippen LogP contribution in [0.5, 0.6) is 0 Å². The summed E-state index contributed by atoms with van der Waals surface area (Å²) in [6.07, 6.45) is 0. The number of benzene rings is 7. The maximum Gasteiger partial charge on any atom is 0.164 e. The Morgan fingerprint density at radius 2 is 0.755 bits per heavy atom. The lowest BCUT2D eigenvalue weighted by molar-refractivity contribution is 0.669. The van der Waals surface area contributed by atoms with Crippen LogP contribution in [-0.2, 0) is 0 Å². The molecular weight excluding hydrogens is 599 g/mol. The van der Waals surface area contributed by atoms with Gasteiger partial charge in [0.15, 0.2) is 17.5 Å². The van der Waals surface area contributed by atoms with E-state index in [4.69, 9.17) is 19.4 Å². The molecule has 2 aromatic heterocycles. The van der Waals surface area contributed by atoms with E-state index >= 15 is 0 Å². The minimum Gasteiger partial charge on any atom is -0.456 e. The van der Waals surface area contributed by atoms with Gasteiger partial charge in [0.25, 0.3) is 0 Å². The molecule has 0 N–H and O–H groups in total. The lowest BCUT2D eigenvalue weighted by Gasteiger charge is -2.09. The first-order valence-electron chi connectivity index (χ1n) is 16.4. The molecule has 0 aliphatic rings. The Hall–Kier alpha value is -6.65. The minimum atomic E-state index is 0.607. The fourth-order valence-corrected chi connectivity index (χ4v) is 6.51. The van der Waals surface area contributed by atoms with Crippen LogP contribution in [0.25, 0.3) is 89.5 Å². The average molecular weight is 628 g/mol. The van der Waals surface area contributed by atoms with E-state index in [9.17, 15) is 0 Å². The molecule has 0 spiro atoms. The SMILES string of the molecule is c1ccc(-c2cccc(-c3cccc(-c4ccc5c(c4)oc4cccc(-c6nc(-c7ccccc7)nc(-c7ccccc7)n6)c45)c3)c2)cc1. The van der Waals surface area contributed by atoms with Gasteiger partial charge in [-0.1, -0.05) is 146 Å². The molecule has 7 aromatic carbocycles. The van der Waals surface area contributed by atoms with Gasteiger partial charge in [-0.25, -0.2) is 15.0 Å². The molecule has 0 bridgehead atoms. The van der Waals surface area contributed by atoms with Crippen molar-refractivity contribution in [1.82, 2.24) is 15.0 Å². The zero-order valence-corrected chi connectivity index (χ0v) is 26.5. The van der Waals surface area contributed by atoms with Crippen molar-refractivity contribution in [3.63, 3.8) is 0 Å². The van der Waals surface area contributed by atoms with Crippen molar-refractivity contribution in [3.8, 4) is 67.5 Å². The summed E-state index contributed by atoms with van der Waals surface area (Å²) >= 11 is 0. The van der Waals surface area contributed by atoms with Crippen LogP contribution in [0.2, 0.25) is 0 Å². The fourth-order valence-electron chi connectivity index (χ4n) is 6.51. The number of aromatic nitrogens is 3. The van der Waals surface area contributed by atoms with Crippen LogP contribution in [0.3, 0.4) is 0 Å². The van der Waals surface area contributed by atoms with E-state index in [1.807, 2.05) is 78.9 Å². The zero-order valence-electron chi connectivity index (χ0n) is 26.5. The standard InChI is InChI=1S/C45H29N3O/c1-4-13-30(14-5-1)33-19-10-20-34(27-33)35-21-11-22-36(28-35)37-25-26-38-41(29-37)49-40-24-12-23-39(42(38)40)45-47-43(31-15-6-2-7-16-31)46-44(48-45)32-17-8-3-9-18-32/h1-29H. The van der Waals surface area contributed by atoms with Gasteiger partial charge >= 0.3 is 0 Å². The van der Waals surface area contributed by atoms with Crippen molar-refractivity contribution in [2.24, 2.45) is 0 Å². The third-order valence-corrected chi connectivity index (χ3v) is 8.94. The highest BCUT2D eigenvalue weighted by molar-refractivity contribution is 6.12. The van der Waals surface area contributed by atoms with Crippen LogP contribution >= 0.6 is 0 Å². The second-order valence-electron chi connectivity index (χ2n) is 12.1. The van der Waals surface area contributed by atoms with Gasteiger partial charge in [-0.05, 0) is 63.7 Å². The zero-order chi connectivity index (χ0) is 32.6. The number of furan rings is 1. The molecule has 0 unspecified atom stereocenters. The minimum absolute atomic E-state index is 0.607. The number of fused-ring (bicyclic) bond motifs is 3. The number of rotatable bonds is 6. The predicted molar refractivity (Wildman–Crippen MR) is 200 cm³/mol. The Labute approximate surface area is 284 Å². The van der Waals surface area contributed by atoms with Crippen LogP contribution < -0.4 is 0 Å². The molecule has 0 radical (unpaired) electrons. The average Bonchev–Trinajstić information content (AvgIpc) is 3.57. The van der Waals surface area contributed by atoms with Gasteiger partial charge < -0.3 is 4.42 Å². The summed E-state index contributed by atoms with van der Waals surface area (Å²) in [5, 5.41) is 2.00. The Bertz CT molecular complexity index is 2540. The van der Waals surface area contributed by atoms with Crippen LogP contribution in [0.4, 0.5) is 0 Å². The lowest BCUT2D eigenvalue weighted by atomic mass is 9.96. The largest absolute Gasteiger partial charge is 0.456 e. The summed E-state index contributed by atoms with van der Waals surface area (Å²) in [5.74, 6) is 1.87. The molecule has 9 aromatic rings. The molecule has 230 valence electrons. The third-order valence-electron chi connectivity index (χ3n) is 8.94. The number of nitrogens with zero attached hydrogens (tertiary/aromatic N) is 3. The van der Waals surface area contributed by atoms with Crippen molar-refractivity contribution < 1.29 is 4.42 Å². The molecule has 9 rings (SSSR count). The van der Waals surface area contributed by atoms with Crippen LogP contribution in [-0.4, -0.2) is 15.0 Å². The molecule has 4 heteroatoms. The summed E-state index contributed by atoms with van der Waals surface area (Å²) in [7, 11) is 0. The molecule has 0 atom stereocenters. The van der Waals surface area contributed by atoms with Crippen LogP contribution in [0, 0.1) is 0 Å². The first-order chi connectivity index (χ1) is 24.3. The summed E-state index contributed by atoms with van der Waals surface area (Å²) in [4.78, 5) is 14.9. The van der Waals surface area contributed by atoms with Gasteiger partial charge in [-0.2, -0.15) is 0 Å². The predicted octanol–water partition coefficient (Wildman–Crippen LogP) is 11.8. The fraction of sp³-hybridized carbons (Fsp3) is 0. The van der Waals surface area contributed by atoms with Crippen molar-refractivity contribution in [2.45, 2.75) is 0 Å². The summed E-state index contributed by atoms with van der Waals surface area (Å²) < 4.78 is 6.51. The monoisotopic (exact) mass is 627 g/mol. The maximum atomic E-state index is 6.51. The van der Waals surface area contributed by atoms with Crippen molar-refractivity contribution in [2.75, 3.05) is 0 Å². The molecule has 0 fully saturated rings. The Balaban J connectivity index is 1.14. The molecule has 49 heavy (non-hydrogen) atoms. The van der Waals surface area contributed by atoms with Crippen molar-refractivity contribution in [3.05, 3.63) is 176 Å². The second-order valence-corrected chi connectivity index (χ2v) is 12.1. The van der Waals surface area contributed by atoms with Crippen LogP contribution in [0.15, 0.2) is 180 Å². The molecule has 0 amide bonds. The quantitative estimate of drug-likeness (QED) is 0.184. The van der Waals surface area contributed by atoms with E-state index in [1.165, 1.54) is 22.3 Å². The van der Waals surface area contributed by atoms with Gasteiger partial charge in [-0.3, -0.25) is 0 Å². The highest BCUT2D eigenvalue weighted by Gasteiger charge is 2.18. The molecule has 0 saturated carbocycles. The van der Waals surface area contributed by atoms with Gasteiger partial charge in [0, 0.05) is 27.5 Å². The summed E-state index contributed by atoms with van der Waals surface area (Å²) in [6, 6.07) is 60.5. The Morgan fingerprint density at radius 1 is 0.306 bits per heavy atom. The van der Waals surface area contributed by atoms with E-state index in [0.29, 0.717) is 17.5 Å². The maximum absolute atomic E-state index is 6.51. The summed E-state index contributed by atoms with van der Waals surface area (Å²) in [5.41, 5.74) is 11.4. The molecular formula is C45H29N3O. The van der Waals surface area contributed by atoms with E-state index in [1.54, 1.807) is 0 Å². The van der Waals surface area contributed by atoms with E-state index in [0.717, 1.165) is 49.8 Å². The molecule has 0 aliphatic carbocycles. The first-order valence-corrected chi connectivity index (χ1v) is 16.4. The van der Waals surface area contributed by atoms with Gasteiger partial charge in [0.1, 0.15) is 11.2 Å². The van der Waals surface area contributed by atoms with Crippen molar-refractivity contribution >= 4 is 21.9 Å². The van der Waals surface area contributed by atoms with E-state index in [2.05, 4.69) is 97.1 Å². The van der Waals surface area contributed by atoms with E-state index in [-0.39, 0.29) is 0 Å². The normalized spacial score (nSPS) is 11.3. The smallest absolute Gasteiger partial charge is 0.164 e. The van der Waals surface area contributed by atoms with E-state index < -0.39 is 0 Å². The highest BCUT2D eigenvalue weighted by Crippen LogP contribution is 2.39. The first kappa shape index (κ1) is 28.6. The Kier molecular flexibility index (Phi) is 7.10. The van der Waals surface area contributed by atoms with Gasteiger partial charge in [-0.15, -0.1) is 0 Å².